The Bertz CT molecular complexity index is 1160. The van der Waals surface area contributed by atoms with Crippen LogP contribution in [-0.2, 0) is 14.3 Å². The van der Waals surface area contributed by atoms with E-state index in [1.54, 1.807) is 13.8 Å². The molecule has 180 valence electrons. The fourth-order valence-corrected chi connectivity index (χ4v) is 3.65. The summed E-state index contributed by atoms with van der Waals surface area (Å²) in [4.78, 5) is 47.6. The molecule has 1 amide bonds. The fourth-order valence-electron chi connectivity index (χ4n) is 2.64. The molecule has 0 aliphatic carbocycles. The Morgan fingerprint density at radius 3 is 2.24 bits per heavy atom. The van der Waals surface area contributed by atoms with Crippen molar-refractivity contribution >= 4 is 45.6 Å². The second kappa shape index (κ2) is 11.7. The van der Waals surface area contributed by atoms with Gasteiger partial charge in [0.1, 0.15) is 16.2 Å². The number of nitro groups is 1. The molecule has 0 atom stereocenters. The molecule has 0 radical (unpaired) electrons. The Labute approximate surface area is 198 Å². The first-order valence-corrected chi connectivity index (χ1v) is 10.8. The van der Waals surface area contributed by atoms with Crippen molar-refractivity contribution in [2.24, 2.45) is 10.2 Å². The molecule has 1 heterocycles. The molecule has 0 saturated heterocycles. The number of amides is 1. The van der Waals surface area contributed by atoms with E-state index in [9.17, 15) is 29.6 Å². The Morgan fingerprint density at radius 1 is 1.12 bits per heavy atom. The SMILES string of the molecule is CCOC(=O)c1sc(N=N/C(C(=O)Nc2ccc([N+](=O)[O-])cc2)=C(/C)O)c(C(=O)OCC)c1C. The zero-order valence-electron chi connectivity index (χ0n) is 18.8. The second-order valence-electron chi connectivity index (χ2n) is 6.57. The number of rotatable bonds is 9. The van der Waals surface area contributed by atoms with Crippen molar-refractivity contribution in [3.05, 3.63) is 61.8 Å². The number of carbonyl (C=O) groups is 3. The zero-order chi connectivity index (χ0) is 25.4. The molecule has 1 aromatic carbocycles. The number of thiophene rings is 1. The van der Waals surface area contributed by atoms with Gasteiger partial charge in [-0.3, -0.25) is 14.9 Å². The van der Waals surface area contributed by atoms with Crippen LogP contribution in [0.1, 0.15) is 46.4 Å². The van der Waals surface area contributed by atoms with E-state index in [1.807, 2.05) is 0 Å². The molecule has 12 nitrogen and oxygen atoms in total. The summed E-state index contributed by atoms with van der Waals surface area (Å²) in [5.41, 5.74) is -0.143. The topological polar surface area (TPSA) is 170 Å². The van der Waals surface area contributed by atoms with Gasteiger partial charge in [-0.2, -0.15) is 0 Å². The van der Waals surface area contributed by atoms with Crippen LogP contribution in [0.25, 0.3) is 0 Å². The molecule has 2 N–H and O–H groups in total. The lowest BCUT2D eigenvalue weighted by molar-refractivity contribution is -0.384. The highest BCUT2D eigenvalue weighted by Gasteiger charge is 2.27. The largest absolute Gasteiger partial charge is 0.510 e. The smallest absolute Gasteiger partial charge is 0.348 e. The number of hydrogen-bond acceptors (Lipinski definition) is 11. The number of hydrogen-bond donors (Lipinski definition) is 2. The average molecular weight is 490 g/mol. The van der Waals surface area contributed by atoms with Gasteiger partial charge in [0, 0.05) is 17.8 Å². The Morgan fingerprint density at radius 2 is 1.71 bits per heavy atom. The van der Waals surface area contributed by atoms with E-state index in [0.29, 0.717) is 0 Å². The Kier molecular flexibility index (Phi) is 8.95. The summed E-state index contributed by atoms with van der Waals surface area (Å²) in [5.74, 6) is -2.71. The number of aliphatic hydroxyl groups excluding tert-OH is 1. The molecule has 2 rings (SSSR count). The molecule has 2 aromatic rings. The van der Waals surface area contributed by atoms with Crippen LogP contribution in [-0.4, -0.2) is 41.1 Å². The van der Waals surface area contributed by atoms with E-state index < -0.39 is 34.2 Å². The second-order valence-corrected chi connectivity index (χ2v) is 7.57. The lowest BCUT2D eigenvalue weighted by Gasteiger charge is -2.06. The van der Waals surface area contributed by atoms with Gasteiger partial charge in [0.15, 0.2) is 10.7 Å². The van der Waals surface area contributed by atoms with E-state index in [0.717, 1.165) is 11.3 Å². The first-order chi connectivity index (χ1) is 16.1. The third-order valence-electron chi connectivity index (χ3n) is 4.20. The lowest BCUT2D eigenvalue weighted by Crippen LogP contribution is -2.14. The Balaban J connectivity index is 2.38. The highest BCUT2D eigenvalue weighted by molar-refractivity contribution is 7.18. The predicted octanol–water partition coefficient (Wildman–Crippen LogP) is 4.83. The number of non-ortho nitro benzene ring substituents is 1. The van der Waals surface area contributed by atoms with Gasteiger partial charge in [0.05, 0.1) is 18.1 Å². The van der Waals surface area contributed by atoms with Gasteiger partial charge in [-0.25, -0.2) is 9.59 Å². The third-order valence-corrected chi connectivity index (χ3v) is 5.36. The highest BCUT2D eigenvalue weighted by Crippen LogP contribution is 2.37. The molecule has 0 aliphatic rings. The van der Waals surface area contributed by atoms with Gasteiger partial charge in [-0.1, -0.05) is 0 Å². The molecule has 0 fully saturated rings. The van der Waals surface area contributed by atoms with Crippen LogP contribution >= 0.6 is 11.3 Å². The lowest BCUT2D eigenvalue weighted by atomic mass is 10.1. The van der Waals surface area contributed by atoms with Crippen LogP contribution in [0.5, 0.6) is 0 Å². The van der Waals surface area contributed by atoms with Crippen molar-refractivity contribution in [1.29, 1.82) is 0 Å². The predicted molar refractivity (Wildman–Crippen MR) is 123 cm³/mol. The molecule has 13 heteroatoms. The van der Waals surface area contributed by atoms with Gasteiger partial charge >= 0.3 is 11.9 Å². The van der Waals surface area contributed by atoms with Crippen LogP contribution in [0.2, 0.25) is 0 Å². The van der Waals surface area contributed by atoms with Crippen LogP contribution in [0.3, 0.4) is 0 Å². The summed E-state index contributed by atoms with van der Waals surface area (Å²) in [6.07, 6.45) is 0. The van der Waals surface area contributed by atoms with Crippen molar-refractivity contribution in [1.82, 2.24) is 0 Å². The number of ether oxygens (including phenoxy) is 2. The molecule has 34 heavy (non-hydrogen) atoms. The summed E-state index contributed by atoms with van der Waals surface area (Å²) in [7, 11) is 0. The van der Waals surface area contributed by atoms with Crippen molar-refractivity contribution in [2.45, 2.75) is 27.7 Å². The van der Waals surface area contributed by atoms with Gasteiger partial charge in [0.2, 0.25) is 0 Å². The van der Waals surface area contributed by atoms with Crippen molar-refractivity contribution in [3.63, 3.8) is 0 Å². The monoisotopic (exact) mass is 490 g/mol. The summed E-state index contributed by atoms with van der Waals surface area (Å²) >= 11 is 0.826. The number of benzene rings is 1. The number of anilines is 1. The van der Waals surface area contributed by atoms with Gasteiger partial charge in [-0.05, 0) is 45.4 Å². The van der Waals surface area contributed by atoms with Gasteiger partial charge < -0.3 is 19.9 Å². The zero-order valence-corrected chi connectivity index (χ0v) is 19.6. The first kappa shape index (κ1) is 26.1. The van der Waals surface area contributed by atoms with E-state index in [4.69, 9.17) is 9.47 Å². The van der Waals surface area contributed by atoms with Crippen molar-refractivity contribution < 1.29 is 33.9 Å². The molecular weight excluding hydrogens is 468 g/mol. The van der Waals surface area contributed by atoms with E-state index in [2.05, 4.69) is 15.5 Å². The van der Waals surface area contributed by atoms with Gasteiger partial charge in [0.25, 0.3) is 11.6 Å². The fraction of sp³-hybridized carbons (Fsp3) is 0.286. The summed E-state index contributed by atoms with van der Waals surface area (Å²) in [5, 5.41) is 30.8. The number of esters is 2. The maximum Gasteiger partial charge on any atom is 0.348 e. The van der Waals surface area contributed by atoms with E-state index >= 15 is 0 Å². The van der Waals surface area contributed by atoms with Crippen molar-refractivity contribution in [2.75, 3.05) is 18.5 Å². The quantitative estimate of drug-likeness (QED) is 0.126. The number of azo groups is 1. The van der Waals surface area contributed by atoms with Gasteiger partial charge in [-0.15, -0.1) is 21.6 Å². The van der Waals surface area contributed by atoms with Crippen molar-refractivity contribution in [3.8, 4) is 0 Å². The summed E-state index contributed by atoms with van der Waals surface area (Å²) < 4.78 is 10.0. The molecule has 1 aromatic heterocycles. The third kappa shape index (κ3) is 6.22. The van der Waals surface area contributed by atoms with Crippen LogP contribution < -0.4 is 5.32 Å². The minimum Gasteiger partial charge on any atom is -0.510 e. The number of nitro benzene ring substituents is 1. The van der Waals surface area contributed by atoms with E-state index in [1.165, 1.54) is 38.1 Å². The number of allylic oxidation sites excluding steroid dienone is 1. The summed E-state index contributed by atoms with van der Waals surface area (Å²) in [6.45, 7) is 6.20. The number of carbonyl (C=O) groups excluding carboxylic acids is 3. The van der Waals surface area contributed by atoms with Crippen LogP contribution in [0.4, 0.5) is 16.4 Å². The standard InChI is InChI=1S/C21H22N4O8S/c1-5-32-20(28)15-11(3)17(21(29)33-6-2)34-19(15)24-23-16(12(4)26)18(27)22-13-7-9-14(10-8-13)25(30)31/h7-10,26H,5-6H2,1-4H3,(H,22,27)/b16-12-,24-23?. The molecule has 0 saturated carbocycles. The van der Waals surface area contributed by atoms with Crippen LogP contribution in [0, 0.1) is 17.0 Å². The normalized spacial score (nSPS) is 11.6. The van der Waals surface area contributed by atoms with Crippen LogP contribution in [0.15, 0.2) is 46.0 Å². The molecule has 0 spiro atoms. The molecule has 0 unspecified atom stereocenters. The first-order valence-electron chi connectivity index (χ1n) is 9.95. The minimum absolute atomic E-state index is 0.00984. The minimum atomic E-state index is -0.853. The molecule has 0 aliphatic heterocycles. The Hall–Kier alpha value is -4.13. The molecule has 0 bridgehead atoms. The molecular formula is C21H22N4O8S. The highest BCUT2D eigenvalue weighted by atomic mass is 32.1. The maximum atomic E-state index is 12.6. The van der Waals surface area contributed by atoms with E-state index in [-0.39, 0.29) is 45.6 Å². The number of nitrogens with one attached hydrogen (secondary N) is 1. The number of nitrogens with zero attached hydrogens (tertiary/aromatic N) is 3. The summed E-state index contributed by atoms with van der Waals surface area (Å²) in [6, 6.07) is 5.02. The maximum absolute atomic E-state index is 12.6. The number of aliphatic hydroxyl groups is 1. The average Bonchev–Trinajstić information content (AvgIpc) is 3.10.